The topological polar surface area (TPSA) is 46.2 Å². The van der Waals surface area contributed by atoms with Gasteiger partial charge in [0.15, 0.2) is 11.6 Å². The SMILES string of the molecule is O=S(=O)(NCCCSc1ccc(F)cc1)c1ccc(F)c(F)c1. The Hall–Kier alpha value is -1.51. The van der Waals surface area contributed by atoms with E-state index in [4.69, 9.17) is 0 Å². The summed E-state index contributed by atoms with van der Waals surface area (Å²) < 4.78 is 64.8. The zero-order chi connectivity index (χ0) is 16.9. The molecule has 0 saturated heterocycles. The van der Waals surface area contributed by atoms with E-state index in [9.17, 15) is 21.6 Å². The van der Waals surface area contributed by atoms with Crippen molar-refractivity contribution in [2.75, 3.05) is 12.3 Å². The average molecular weight is 361 g/mol. The Bertz CT molecular complexity index is 765. The second-order valence-corrected chi connectivity index (χ2v) is 7.56. The molecule has 0 amide bonds. The number of hydrogen-bond acceptors (Lipinski definition) is 3. The Morgan fingerprint density at radius 3 is 2.30 bits per heavy atom. The molecule has 0 saturated carbocycles. The fourth-order valence-corrected chi connectivity index (χ4v) is 3.67. The van der Waals surface area contributed by atoms with Crippen LogP contribution in [0.25, 0.3) is 0 Å². The molecule has 1 N–H and O–H groups in total. The lowest BCUT2D eigenvalue weighted by atomic mass is 10.3. The monoisotopic (exact) mass is 361 g/mol. The van der Waals surface area contributed by atoms with Gasteiger partial charge in [-0.25, -0.2) is 26.3 Å². The summed E-state index contributed by atoms with van der Waals surface area (Å²) in [6.45, 7) is 0.162. The third kappa shape index (κ3) is 5.26. The Morgan fingerprint density at radius 1 is 0.957 bits per heavy atom. The van der Waals surface area contributed by atoms with E-state index >= 15 is 0 Å². The lowest BCUT2D eigenvalue weighted by Gasteiger charge is -2.07. The first kappa shape index (κ1) is 17.8. The van der Waals surface area contributed by atoms with E-state index in [1.54, 1.807) is 12.1 Å². The van der Waals surface area contributed by atoms with E-state index in [2.05, 4.69) is 4.72 Å². The zero-order valence-corrected chi connectivity index (χ0v) is 13.6. The quantitative estimate of drug-likeness (QED) is 0.606. The minimum atomic E-state index is -3.87. The molecular formula is C15H14F3NO2S2. The molecular weight excluding hydrogens is 347 g/mol. The predicted molar refractivity (Wildman–Crippen MR) is 83.3 cm³/mol. The van der Waals surface area contributed by atoms with Crippen LogP contribution >= 0.6 is 11.8 Å². The number of halogens is 3. The number of thioether (sulfide) groups is 1. The third-order valence-corrected chi connectivity index (χ3v) is 5.45. The fourth-order valence-electron chi connectivity index (χ4n) is 1.73. The first-order chi connectivity index (χ1) is 10.9. The highest BCUT2D eigenvalue weighted by Gasteiger charge is 2.15. The summed E-state index contributed by atoms with van der Waals surface area (Å²) in [5.74, 6) is -1.99. The third-order valence-electron chi connectivity index (χ3n) is 2.90. The van der Waals surface area contributed by atoms with E-state index in [0.29, 0.717) is 18.2 Å². The van der Waals surface area contributed by atoms with E-state index < -0.39 is 21.7 Å². The predicted octanol–water partition coefficient (Wildman–Crippen LogP) is 3.56. The molecule has 0 aliphatic rings. The Morgan fingerprint density at radius 2 is 1.65 bits per heavy atom. The number of rotatable bonds is 7. The van der Waals surface area contributed by atoms with Gasteiger partial charge in [-0.2, -0.15) is 0 Å². The molecule has 2 rings (SSSR count). The number of hydrogen-bond donors (Lipinski definition) is 1. The summed E-state index contributed by atoms with van der Waals surface area (Å²) in [6, 6.07) is 8.42. The molecule has 0 bridgehead atoms. The van der Waals surface area contributed by atoms with Crippen molar-refractivity contribution in [1.82, 2.24) is 4.72 Å². The van der Waals surface area contributed by atoms with Gasteiger partial charge in [-0.3, -0.25) is 0 Å². The summed E-state index contributed by atoms with van der Waals surface area (Å²) >= 11 is 1.47. The van der Waals surface area contributed by atoms with Crippen LogP contribution in [0.3, 0.4) is 0 Å². The largest absolute Gasteiger partial charge is 0.240 e. The van der Waals surface area contributed by atoms with Gasteiger partial charge in [0.1, 0.15) is 5.82 Å². The highest BCUT2D eigenvalue weighted by Crippen LogP contribution is 2.19. The van der Waals surface area contributed by atoms with Crippen molar-refractivity contribution in [2.24, 2.45) is 0 Å². The molecule has 23 heavy (non-hydrogen) atoms. The molecule has 2 aromatic rings. The first-order valence-electron chi connectivity index (χ1n) is 6.71. The fraction of sp³-hybridized carbons (Fsp3) is 0.200. The van der Waals surface area contributed by atoms with Crippen LogP contribution in [0.5, 0.6) is 0 Å². The maximum atomic E-state index is 13.1. The molecule has 0 aliphatic carbocycles. The lowest BCUT2D eigenvalue weighted by Crippen LogP contribution is -2.25. The van der Waals surface area contributed by atoms with Crippen molar-refractivity contribution >= 4 is 21.8 Å². The summed E-state index contributed by atoms with van der Waals surface area (Å²) in [5, 5.41) is 0. The Kier molecular flexibility index (Phi) is 6.09. The number of benzene rings is 2. The van der Waals surface area contributed by atoms with E-state index in [-0.39, 0.29) is 17.3 Å². The molecule has 0 aliphatic heterocycles. The van der Waals surface area contributed by atoms with Gasteiger partial charge in [-0.15, -0.1) is 11.8 Å². The molecule has 0 unspecified atom stereocenters. The maximum Gasteiger partial charge on any atom is 0.240 e. The van der Waals surface area contributed by atoms with E-state index in [0.717, 1.165) is 17.0 Å². The minimum absolute atomic E-state index is 0.162. The van der Waals surface area contributed by atoms with Gasteiger partial charge < -0.3 is 0 Å². The minimum Gasteiger partial charge on any atom is -0.211 e. The van der Waals surface area contributed by atoms with Gasteiger partial charge in [0.25, 0.3) is 0 Å². The Labute approximate surface area is 137 Å². The highest BCUT2D eigenvalue weighted by atomic mass is 32.2. The molecule has 0 aromatic heterocycles. The van der Waals surface area contributed by atoms with Crippen LogP contribution < -0.4 is 4.72 Å². The van der Waals surface area contributed by atoms with Crippen LogP contribution in [0, 0.1) is 17.5 Å². The van der Waals surface area contributed by atoms with Crippen molar-refractivity contribution in [1.29, 1.82) is 0 Å². The molecule has 0 fully saturated rings. The summed E-state index contributed by atoms with van der Waals surface area (Å²) in [6.07, 6.45) is 0.533. The normalized spacial score (nSPS) is 11.6. The van der Waals surface area contributed by atoms with Gasteiger partial charge in [0.05, 0.1) is 4.90 Å². The van der Waals surface area contributed by atoms with Crippen molar-refractivity contribution in [3.05, 3.63) is 59.9 Å². The van der Waals surface area contributed by atoms with Crippen molar-refractivity contribution in [2.45, 2.75) is 16.2 Å². The second kappa shape index (κ2) is 7.85. The molecule has 124 valence electrons. The number of nitrogens with one attached hydrogen (secondary N) is 1. The second-order valence-electron chi connectivity index (χ2n) is 4.63. The van der Waals surface area contributed by atoms with Crippen molar-refractivity contribution in [3.63, 3.8) is 0 Å². The molecule has 8 heteroatoms. The average Bonchev–Trinajstić information content (AvgIpc) is 2.51. The smallest absolute Gasteiger partial charge is 0.211 e. The van der Waals surface area contributed by atoms with Crippen molar-refractivity contribution in [3.8, 4) is 0 Å². The molecule has 0 heterocycles. The van der Waals surface area contributed by atoms with Gasteiger partial charge in [-0.1, -0.05) is 0 Å². The Balaban J connectivity index is 1.80. The van der Waals surface area contributed by atoms with E-state index in [1.807, 2.05) is 0 Å². The van der Waals surface area contributed by atoms with E-state index in [1.165, 1.54) is 23.9 Å². The van der Waals surface area contributed by atoms with Crippen LogP contribution in [0.15, 0.2) is 52.3 Å². The number of sulfonamides is 1. The highest BCUT2D eigenvalue weighted by molar-refractivity contribution is 7.99. The van der Waals surface area contributed by atoms with Gasteiger partial charge in [0, 0.05) is 11.4 Å². The summed E-state index contributed by atoms with van der Waals surface area (Å²) in [4.78, 5) is 0.567. The van der Waals surface area contributed by atoms with Gasteiger partial charge in [0.2, 0.25) is 10.0 Å². The van der Waals surface area contributed by atoms with Gasteiger partial charge >= 0.3 is 0 Å². The molecule has 0 radical (unpaired) electrons. The maximum absolute atomic E-state index is 13.1. The molecule has 2 aromatic carbocycles. The van der Waals surface area contributed by atoms with Crippen LogP contribution in [0.1, 0.15) is 6.42 Å². The molecule has 0 spiro atoms. The van der Waals surface area contributed by atoms with Crippen LogP contribution in [0.4, 0.5) is 13.2 Å². The first-order valence-corrected chi connectivity index (χ1v) is 9.18. The van der Waals surface area contributed by atoms with Crippen molar-refractivity contribution < 1.29 is 21.6 Å². The molecule has 0 atom stereocenters. The summed E-state index contributed by atoms with van der Waals surface area (Å²) in [7, 11) is -3.87. The standard InChI is InChI=1S/C15H14F3NO2S2/c16-11-2-4-12(5-3-11)22-9-1-8-19-23(20,21)13-6-7-14(17)15(18)10-13/h2-7,10,19H,1,8-9H2. The summed E-state index contributed by atoms with van der Waals surface area (Å²) in [5.41, 5.74) is 0. The molecule has 3 nitrogen and oxygen atoms in total. The van der Waals surface area contributed by atoms with Crippen LogP contribution in [0.2, 0.25) is 0 Å². The lowest BCUT2D eigenvalue weighted by molar-refractivity contribution is 0.504. The van der Waals surface area contributed by atoms with Crippen LogP contribution in [-0.4, -0.2) is 20.7 Å². The van der Waals surface area contributed by atoms with Gasteiger partial charge in [-0.05, 0) is 54.6 Å². The zero-order valence-electron chi connectivity index (χ0n) is 11.9. The van der Waals surface area contributed by atoms with Crippen LogP contribution in [-0.2, 0) is 10.0 Å².